The van der Waals surface area contributed by atoms with Crippen LogP contribution in [-0.2, 0) is 9.59 Å². The van der Waals surface area contributed by atoms with E-state index in [1.165, 1.54) is 28.1 Å². The predicted molar refractivity (Wildman–Crippen MR) is 185 cm³/mol. The summed E-state index contributed by atoms with van der Waals surface area (Å²) in [6.07, 6.45) is 0. The fourth-order valence-corrected chi connectivity index (χ4v) is 4.60. The molecule has 0 atom stereocenters. The summed E-state index contributed by atoms with van der Waals surface area (Å²) in [5.74, 6) is -1.23. The zero-order valence-electron chi connectivity index (χ0n) is 26.2. The van der Waals surface area contributed by atoms with E-state index in [2.05, 4.69) is 31.1 Å². The van der Waals surface area contributed by atoms with Gasteiger partial charge in [-0.1, -0.05) is 59.6 Å². The number of hydrogen-bond acceptors (Lipinski definition) is 10. The van der Waals surface area contributed by atoms with Crippen molar-refractivity contribution in [3.8, 4) is 22.6 Å². The monoisotopic (exact) mass is 688 g/mol. The first-order valence-electron chi connectivity index (χ1n) is 14.1. The molecule has 0 aliphatic heterocycles. The number of halogens is 2. The van der Waals surface area contributed by atoms with E-state index < -0.39 is 11.8 Å². The van der Waals surface area contributed by atoms with E-state index in [4.69, 9.17) is 32.7 Å². The number of carbonyl (C=O) groups excluding carboxylic acids is 2. The lowest BCUT2D eigenvalue weighted by molar-refractivity contribution is -0.113. The zero-order valence-corrected chi connectivity index (χ0v) is 27.7. The van der Waals surface area contributed by atoms with Crippen molar-refractivity contribution >= 4 is 57.8 Å². The molecule has 0 spiro atoms. The molecule has 246 valence electrons. The molecule has 4 aromatic carbocycles. The topological polar surface area (TPSA) is 167 Å². The Morgan fingerprint density at radius 1 is 0.625 bits per heavy atom. The van der Waals surface area contributed by atoms with Crippen LogP contribution < -0.4 is 20.1 Å². The van der Waals surface area contributed by atoms with E-state index in [1.807, 2.05) is 0 Å². The third kappa shape index (κ3) is 8.75. The lowest BCUT2D eigenvalue weighted by Crippen LogP contribution is -2.15. The number of azo groups is 2. The van der Waals surface area contributed by atoms with Gasteiger partial charge in [-0.15, -0.1) is 20.5 Å². The molecular weight excluding hydrogens is 659 g/mol. The number of allylic oxidation sites excluding steroid dienone is 2. The fraction of sp³-hybridized carbons (Fsp3) is 0.118. The van der Waals surface area contributed by atoms with Gasteiger partial charge in [-0.2, -0.15) is 0 Å². The van der Waals surface area contributed by atoms with Crippen LogP contribution in [0.25, 0.3) is 11.1 Å². The Bertz CT molecular complexity index is 1830. The highest BCUT2D eigenvalue weighted by Crippen LogP contribution is 2.35. The molecule has 0 saturated carbocycles. The Morgan fingerprint density at radius 3 is 1.33 bits per heavy atom. The molecule has 14 heteroatoms. The van der Waals surface area contributed by atoms with Crippen molar-refractivity contribution in [1.82, 2.24) is 0 Å². The molecule has 4 N–H and O–H groups in total. The summed E-state index contributed by atoms with van der Waals surface area (Å²) in [5.41, 5.74) is 1.99. The molecule has 4 aromatic rings. The van der Waals surface area contributed by atoms with Crippen LogP contribution in [0, 0.1) is 0 Å². The van der Waals surface area contributed by atoms with Crippen molar-refractivity contribution in [2.24, 2.45) is 20.5 Å². The van der Waals surface area contributed by atoms with Crippen LogP contribution in [0.1, 0.15) is 13.8 Å². The molecule has 0 aliphatic rings. The third-order valence-corrected chi connectivity index (χ3v) is 7.18. The number of amides is 2. The molecular formula is C34H30Cl2N6O6. The molecule has 48 heavy (non-hydrogen) atoms. The largest absolute Gasteiger partial charge is 0.510 e. The molecule has 0 heterocycles. The van der Waals surface area contributed by atoms with Gasteiger partial charge in [-0.25, -0.2) is 0 Å². The highest BCUT2D eigenvalue weighted by Gasteiger charge is 2.17. The minimum atomic E-state index is -0.698. The van der Waals surface area contributed by atoms with Crippen LogP contribution in [0.4, 0.5) is 22.7 Å². The number of aliphatic hydroxyl groups is 2. The van der Waals surface area contributed by atoms with Gasteiger partial charge in [0.15, 0.2) is 11.4 Å². The molecule has 0 unspecified atom stereocenters. The van der Waals surface area contributed by atoms with E-state index >= 15 is 0 Å². The Balaban J connectivity index is 1.49. The summed E-state index contributed by atoms with van der Waals surface area (Å²) in [5, 5.41) is 42.0. The van der Waals surface area contributed by atoms with Crippen molar-refractivity contribution < 1.29 is 29.3 Å². The van der Waals surface area contributed by atoms with Crippen molar-refractivity contribution in [2.45, 2.75) is 13.8 Å². The SMILES string of the molecule is COc1ccccc1NC(=O)C(N=Nc1ccc(-c2ccc(N=NC(C(=O)Nc3ccccc3OC)=C(C)O)c(Cl)c2)cc1Cl)=C(C)O. The summed E-state index contributed by atoms with van der Waals surface area (Å²) in [7, 11) is 2.94. The number of hydrogen-bond donors (Lipinski definition) is 4. The lowest BCUT2D eigenvalue weighted by atomic mass is 10.1. The van der Waals surface area contributed by atoms with Gasteiger partial charge in [0.2, 0.25) is 0 Å². The normalized spacial score (nSPS) is 12.4. The second-order valence-electron chi connectivity index (χ2n) is 9.91. The van der Waals surface area contributed by atoms with Gasteiger partial charge in [0.05, 0.1) is 35.6 Å². The number of benzene rings is 4. The Labute approximate surface area is 286 Å². The van der Waals surface area contributed by atoms with Crippen molar-refractivity contribution in [3.05, 3.63) is 118 Å². The summed E-state index contributed by atoms with van der Waals surface area (Å²) >= 11 is 13.0. The second-order valence-corrected chi connectivity index (χ2v) is 10.7. The molecule has 2 amide bonds. The fourth-order valence-electron chi connectivity index (χ4n) is 4.17. The summed E-state index contributed by atoms with van der Waals surface area (Å²) in [4.78, 5) is 25.7. The number of ether oxygens (including phenoxy) is 2. The van der Waals surface area contributed by atoms with Crippen LogP contribution in [0.3, 0.4) is 0 Å². The average Bonchev–Trinajstić information content (AvgIpc) is 3.06. The number of rotatable bonds is 11. The highest BCUT2D eigenvalue weighted by molar-refractivity contribution is 6.34. The molecule has 0 aromatic heterocycles. The Morgan fingerprint density at radius 2 is 1.00 bits per heavy atom. The number of carbonyl (C=O) groups is 2. The van der Waals surface area contributed by atoms with E-state index in [0.717, 1.165) is 0 Å². The standard InChI is InChI=1S/C34H30Cl2N6O6/c1-19(43)31(33(45)37-27-9-5-7-11-29(27)47-3)41-39-25-15-13-21(17-23(25)35)22-14-16-26(24(36)18-22)40-42-32(20(2)44)34(46)38-28-10-6-8-12-30(28)48-4/h5-18,43-44H,1-4H3,(H,37,45)(H,38,46). The maximum absolute atomic E-state index is 12.8. The maximum Gasteiger partial charge on any atom is 0.279 e. The van der Waals surface area contributed by atoms with Gasteiger partial charge in [-0.3, -0.25) is 9.59 Å². The molecule has 4 rings (SSSR count). The van der Waals surface area contributed by atoms with Crippen LogP contribution in [0.15, 0.2) is 128 Å². The van der Waals surface area contributed by atoms with Crippen LogP contribution >= 0.6 is 23.2 Å². The molecule has 0 bridgehead atoms. The van der Waals surface area contributed by atoms with E-state index in [0.29, 0.717) is 34.0 Å². The Hall–Kier alpha value is -5.72. The van der Waals surface area contributed by atoms with E-state index in [-0.39, 0.29) is 44.3 Å². The minimum absolute atomic E-state index is 0.213. The van der Waals surface area contributed by atoms with Crippen LogP contribution in [0.2, 0.25) is 10.0 Å². The highest BCUT2D eigenvalue weighted by atomic mass is 35.5. The van der Waals surface area contributed by atoms with Gasteiger partial charge in [-0.05, 0) is 73.5 Å². The number of aliphatic hydroxyl groups excluding tert-OH is 2. The Kier molecular flexibility index (Phi) is 11.9. The summed E-state index contributed by atoms with van der Waals surface area (Å²) in [6.45, 7) is 2.62. The second kappa shape index (κ2) is 16.2. The van der Waals surface area contributed by atoms with Crippen molar-refractivity contribution in [2.75, 3.05) is 24.9 Å². The molecule has 0 radical (unpaired) electrons. The molecule has 0 fully saturated rings. The van der Waals surface area contributed by atoms with Gasteiger partial charge < -0.3 is 30.3 Å². The first-order chi connectivity index (χ1) is 23.0. The molecule has 0 saturated heterocycles. The third-order valence-electron chi connectivity index (χ3n) is 6.57. The molecule has 0 aliphatic carbocycles. The minimum Gasteiger partial charge on any atom is -0.510 e. The number of methoxy groups -OCH3 is 2. The smallest absolute Gasteiger partial charge is 0.279 e. The maximum atomic E-state index is 12.8. The van der Waals surface area contributed by atoms with Gasteiger partial charge in [0, 0.05) is 0 Å². The van der Waals surface area contributed by atoms with Gasteiger partial charge >= 0.3 is 0 Å². The summed E-state index contributed by atoms with van der Waals surface area (Å²) < 4.78 is 10.5. The van der Waals surface area contributed by atoms with E-state index in [9.17, 15) is 19.8 Å². The molecule has 12 nitrogen and oxygen atoms in total. The first-order valence-corrected chi connectivity index (χ1v) is 14.9. The first kappa shape index (κ1) is 35.1. The number of nitrogens with one attached hydrogen (secondary N) is 2. The number of nitrogens with zero attached hydrogens (tertiary/aromatic N) is 4. The zero-order chi connectivity index (χ0) is 34.8. The lowest BCUT2D eigenvalue weighted by Gasteiger charge is -2.10. The summed E-state index contributed by atoms with van der Waals surface area (Å²) in [6, 6.07) is 23.5. The quantitative estimate of drug-likeness (QED) is 0.0695. The van der Waals surface area contributed by atoms with Gasteiger partial charge in [0.1, 0.15) is 34.4 Å². The number of anilines is 2. The van der Waals surface area contributed by atoms with Crippen molar-refractivity contribution in [3.63, 3.8) is 0 Å². The van der Waals surface area contributed by atoms with Crippen molar-refractivity contribution in [1.29, 1.82) is 0 Å². The van der Waals surface area contributed by atoms with Gasteiger partial charge in [0.25, 0.3) is 11.8 Å². The predicted octanol–water partition coefficient (Wildman–Crippen LogP) is 9.70. The average molecular weight is 690 g/mol. The number of para-hydroxylation sites is 4. The van der Waals surface area contributed by atoms with Crippen LogP contribution in [0.5, 0.6) is 11.5 Å². The van der Waals surface area contributed by atoms with E-state index in [1.54, 1.807) is 84.9 Å². The van der Waals surface area contributed by atoms with Crippen LogP contribution in [-0.4, -0.2) is 36.2 Å².